The van der Waals surface area contributed by atoms with Crippen molar-refractivity contribution in [1.29, 1.82) is 0 Å². The molecule has 0 bridgehead atoms. The van der Waals surface area contributed by atoms with Crippen LogP contribution in [0.2, 0.25) is 5.02 Å². The molecule has 1 aromatic heterocycles. The summed E-state index contributed by atoms with van der Waals surface area (Å²) >= 11 is 7.20. The lowest BCUT2D eigenvalue weighted by molar-refractivity contribution is -0.133. The van der Waals surface area contributed by atoms with Crippen LogP contribution in [-0.4, -0.2) is 35.4 Å². The zero-order valence-electron chi connectivity index (χ0n) is 15.8. The van der Waals surface area contributed by atoms with E-state index >= 15 is 0 Å². The van der Waals surface area contributed by atoms with Gasteiger partial charge in [0.2, 0.25) is 0 Å². The highest BCUT2D eigenvalue weighted by atomic mass is 35.5. The van der Waals surface area contributed by atoms with E-state index in [1.54, 1.807) is 13.0 Å². The average Bonchev–Trinajstić information content (AvgIpc) is 3.11. The number of aryl methyl sites for hydroxylation is 1. The normalized spacial score (nSPS) is 10.6. The quantitative estimate of drug-likeness (QED) is 0.528. The molecule has 8 heteroatoms. The summed E-state index contributed by atoms with van der Waals surface area (Å²) in [6.45, 7) is 1.23. The van der Waals surface area contributed by atoms with E-state index in [9.17, 15) is 14.0 Å². The molecular formula is C21H18ClFN2O3S. The number of ether oxygens (including phenoxy) is 1. The van der Waals surface area contributed by atoms with Crippen LogP contribution in [0.3, 0.4) is 0 Å². The van der Waals surface area contributed by atoms with E-state index in [1.807, 2.05) is 30.3 Å². The summed E-state index contributed by atoms with van der Waals surface area (Å²) in [5, 5.41) is 0.933. The second-order valence-corrected chi connectivity index (χ2v) is 7.73. The van der Waals surface area contributed by atoms with Gasteiger partial charge in [-0.2, -0.15) is 0 Å². The number of hydrogen-bond donors (Lipinski definition) is 0. The predicted molar refractivity (Wildman–Crippen MR) is 110 cm³/mol. The molecule has 0 aliphatic carbocycles. The molecule has 2 aromatic carbocycles. The number of rotatable bonds is 6. The molecule has 3 rings (SSSR count). The Hall–Kier alpha value is -2.77. The molecule has 0 N–H and O–H groups in total. The van der Waals surface area contributed by atoms with E-state index in [0.29, 0.717) is 15.6 Å². The smallest absolute Gasteiger partial charge is 0.350 e. The number of benzene rings is 2. The number of aromatic nitrogens is 1. The molecule has 3 aromatic rings. The fourth-order valence-electron chi connectivity index (χ4n) is 2.60. The van der Waals surface area contributed by atoms with Crippen LogP contribution >= 0.6 is 22.9 Å². The largest absolute Gasteiger partial charge is 0.451 e. The molecule has 0 atom stereocenters. The maximum Gasteiger partial charge on any atom is 0.350 e. The molecule has 0 saturated carbocycles. The lowest BCUT2D eigenvalue weighted by atomic mass is 10.2. The Kier molecular flexibility index (Phi) is 6.61. The molecule has 0 spiro atoms. The number of carbonyl (C=O) groups excluding carboxylic acids is 2. The van der Waals surface area contributed by atoms with Gasteiger partial charge in [-0.05, 0) is 19.1 Å². The molecule has 0 aliphatic heterocycles. The zero-order chi connectivity index (χ0) is 21.0. The van der Waals surface area contributed by atoms with Crippen molar-refractivity contribution in [1.82, 2.24) is 9.88 Å². The molecule has 0 radical (unpaired) electrons. The summed E-state index contributed by atoms with van der Waals surface area (Å²) < 4.78 is 19.0. The molecule has 29 heavy (non-hydrogen) atoms. The number of nitrogens with zero attached hydrogens (tertiary/aromatic N) is 2. The highest BCUT2D eigenvalue weighted by Crippen LogP contribution is 2.28. The van der Waals surface area contributed by atoms with Crippen molar-refractivity contribution >= 4 is 34.8 Å². The molecule has 1 amide bonds. The fraction of sp³-hybridized carbons (Fsp3) is 0.190. The Morgan fingerprint density at radius 2 is 1.90 bits per heavy atom. The van der Waals surface area contributed by atoms with Crippen molar-refractivity contribution in [2.75, 3.05) is 13.7 Å². The van der Waals surface area contributed by atoms with E-state index < -0.39 is 24.3 Å². The first kappa shape index (κ1) is 21.0. The van der Waals surface area contributed by atoms with Gasteiger partial charge in [0, 0.05) is 29.7 Å². The second-order valence-electron chi connectivity index (χ2n) is 6.33. The third-order valence-corrected chi connectivity index (χ3v) is 5.75. The Balaban J connectivity index is 1.62. The average molecular weight is 433 g/mol. The maximum absolute atomic E-state index is 13.9. The van der Waals surface area contributed by atoms with Crippen LogP contribution in [0, 0.1) is 12.7 Å². The summed E-state index contributed by atoms with van der Waals surface area (Å²) in [7, 11) is 1.49. The third-order valence-electron chi connectivity index (χ3n) is 4.21. The number of thiazole rings is 1. The minimum absolute atomic E-state index is 0.0281. The highest BCUT2D eigenvalue weighted by Gasteiger charge is 2.20. The van der Waals surface area contributed by atoms with E-state index in [4.69, 9.17) is 16.3 Å². The van der Waals surface area contributed by atoms with Crippen LogP contribution in [0.4, 0.5) is 4.39 Å². The van der Waals surface area contributed by atoms with Gasteiger partial charge in [0.15, 0.2) is 6.61 Å². The van der Waals surface area contributed by atoms with Gasteiger partial charge in [0.25, 0.3) is 5.91 Å². The van der Waals surface area contributed by atoms with Crippen molar-refractivity contribution in [3.05, 3.63) is 75.5 Å². The summed E-state index contributed by atoms with van der Waals surface area (Å²) in [6.07, 6.45) is 0. The van der Waals surface area contributed by atoms with E-state index in [-0.39, 0.29) is 17.1 Å². The van der Waals surface area contributed by atoms with Gasteiger partial charge in [0.1, 0.15) is 15.7 Å². The van der Waals surface area contributed by atoms with Gasteiger partial charge in [-0.15, -0.1) is 11.3 Å². The monoisotopic (exact) mass is 432 g/mol. The molecule has 1 heterocycles. The van der Waals surface area contributed by atoms with Crippen molar-refractivity contribution in [2.24, 2.45) is 0 Å². The zero-order valence-corrected chi connectivity index (χ0v) is 17.4. The summed E-state index contributed by atoms with van der Waals surface area (Å²) in [5.41, 5.74) is 1.65. The van der Waals surface area contributed by atoms with Crippen LogP contribution in [0.1, 0.15) is 20.9 Å². The van der Waals surface area contributed by atoms with Crippen LogP contribution in [0.15, 0.2) is 48.5 Å². The fourth-order valence-corrected chi connectivity index (χ4v) is 3.79. The summed E-state index contributed by atoms with van der Waals surface area (Å²) in [4.78, 5) is 30.7. The van der Waals surface area contributed by atoms with Gasteiger partial charge in [-0.25, -0.2) is 14.2 Å². The second kappa shape index (κ2) is 9.15. The topological polar surface area (TPSA) is 59.5 Å². The molecule has 0 saturated heterocycles. The molecule has 0 fully saturated rings. The van der Waals surface area contributed by atoms with Gasteiger partial charge in [-0.3, -0.25) is 4.79 Å². The van der Waals surface area contributed by atoms with Crippen molar-refractivity contribution in [2.45, 2.75) is 13.5 Å². The van der Waals surface area contributed by atoms with Crippen LogP contribution in [0.5, 0.6) is 0 Å². The van der Waals surface area contributed by atoms with Crippen LogP contribution in [-0.2, 0) is 16.1 Å². The number of amides is 1. The van der Waals surface area contributed by atoms with Crippen molar-refractivity contribution in [3.8, 4) is 10.6 Å². The van der Waals surface area contributed by atoms with Gasteiger partial charge in [0.05, 0.1) is 5.69 Å². The lowest BCUT2D eigenvalue weighted by Gasteiger charge is -2.18. The number of halogens is 2. The minimum Gasteiger partial charge on any atom is -0.451 e. The summed E-state index contributed by atoms with van der Waals surface area (Å²) in [5.74, 6) is -1.58. The Morgan fingerprint density at radius 1 is 1.17 bits per heavy atom. The minimum atomic E-state index is -0.618. The van der Waals surface area contributed by atoms with Crippen molar-refractivity contribution in [3.63, 3.8) is 0 Å². The van der Waals surface area contributed by atoms with Crippen LogP contribution < -0.4 is 0 Å². The van der Waals surface area contributed by atoms with Gasteiger partial charge in [-0.1, -0.05) is 48.0 Å². The van der Waals surface area contributed by atoms with E-state index in [0.717, 1.165) is 5.56 Å². The lowest BCUT2D eigenvalue weighted by Crippen LogP contribution is -2.31. The van der Waals surface area contributed by atoms with Crippen LogP contribution in [0.25, 0.3) is 10.6 Å². The third kappa shape index (κ3) is 4.99. The van der Waals surface area contributed by atoms with Gasteiger partial charge < -0.3 is 9.64 Å². The molecular weight excluding hydrogens is 415 g/mol. The first-order valence-corrected chi connectivity index (χ1v) is 9.93. The number of likely N-dealkylation sites (N-methyl/N-ethyl adjacent to an activating group) is 1. The SMILES string of the molecule is Cc1nc(-c2ccccc2)sc1C(=O)OCC(=O)N(C)Cc1c(F)cccc1Cl. The number of esters is 1. The van der Waals surface area contributed by atoms with Crippen molar-refractivity contribution < 1.29 is 18.7 Å². The van der Waals surface area contributed by atoms with Gasteiger partial charge >= 0.3 is 5.97 Å². The Labute approximate surface area is 176 Å². The Morgan fingerprint density at radius 3 is 2.59 bits per heavy atom. The number of hydrogen-bond acceptors (Lipinski definition) is 5. The molecule has 150 valence electrons. The molecule has 0 unspecified atom stereocenters. The standard InChI is InChI=1S/C21H18ClFN2O3S/c1-13-19(29-20(24-13)14-7-4-3-5-8-14)21(27)28-12-18(26)25(2)11-15-16(22)9-6-10-17(15)23/h3-10H,11-12H2,1-2H3. The Bertz CT molecular complexity index is 1020. The highest BCUT2D eigenvalue weighted by molar-refractivity contribution is 7.17. The number of carbonyl (C=O) groups is 2. The van der Waals surface area contributed by atoms with E-state index in [2.05, 4.69) is 4.98 Å². The first-order chi connectivity index (χ1) is 13.9. The predicted octanol–water partition coefficient (Wildman–Crippen LogP) is 4.73. The molecule has 0 aliphatic rings. The first-order valence-electron chi connectivity index (χ1n) is 8.73. The summed E-state index contributed by atoms with van der Waals surface area (Å²) in [6, 6.07) is 13.8. The maximum atomic E-state index is 13.9. The molecule has 5 nitrogen and oxygen atoms in total. The van der Waals surface area contributed by atoms with E-state index in [1.165, 1.54) is 35.4 Å².